The number of tetrazole rings is 1. The van der Waals surface area contributed by atoms with E-state index < -0.39 is 0 Å². The van der Waals surface area contributed by atoms with Crippen LogP contribution in [0.25, 0.3) is 22.5 Å². The number of anilines is 1. The summed E-state index contributed by atoms with van der Waals surface area (Å²) < 4.78 is 15.1. The average Bonchev–Trinajstić information content (AvgIpc) is 3.44. The number of aryl methyl sites for hydroxylation is 3. The minimum absolute atomic E-state index is 0.0853. The fourth-order valence-electron chi connectivity index (χ4n) is 5.34. The van der Waals surface area contributed by atoms with Gasteiger partial charge in [0.15, 0.2) is 0 Å². The van der Waals surface area contributed by atoms with Gasteiger partial charge in [-0.1, -0.05) is 12.1 Å². The third kappa shape index (κ3) is 3.65. The summed E-state index contributed by atoms with van der Waals surface area (Å²) >= 11 is 0. The highest BCUT2D eigenvalue weighted by atomic mass is 19.1. The van der Waals surface area contributed by atoms with E-state index in [9.17, 15) is 0 Å². The lowest BCUT2D eigenvalue weighted by Crippen LogP contribution is -2.10. The fourth-order valence-corrected chi connectivity index (χ4v) is 5.34. The van der Waals surface area contributed by atoms with Crippen molar-refractivity contribution in [3.8, 4) is 22.5 Å². The highest BCUT2D eigenvalue weighted by molar-refractivity contribution is 5.78. The Bertz CT molecular complexity index is 1360. The van der Waals surface area contributed by atoms with Crippen LogP contribution < -0.4 is 5.32 Å². The van der Waals surface area contributed by atoms with Gasteiger partial charge in [-0.05, 0) is 108 Å². The minimum Gasteiger partial charge on any atom is -0.363 e. The van der Waals surface area contributed by atoms with Crippen molar-refractivity contribution in [2.75, 3.05) is 5.32 Å². The van der Waals surface area contributed by atoms with Crippen molar-refractivity contribution < 1.29 is 4.39 Å². The number of nitrogens with zero attached hydrogens (tertiary/aromatic N) is 5. The van der Waals surface area contributed by atoms with E-state index in [2.05, 4.69) is 57.8 Å². The number of hydrogen-bond donors (Lipinski definition) is 1. The van der Waals surface area contributed by atoms with Gasteiger partial charge in [-0.2, -0.15) is 4.80 Å². The summed E-state index contributed by atoms with van der Waals surface area (Å²) in [7, 11) is 1.76. The average molecular weight is 455 g/mol. The molecule has 1 saturated carbocycles. The van der Waals surface area contributed by atoms with Gasteiger partial charge in [-0.15, -0.1) is 10.2 Å². The topological polar surface area (TPSA) is 68.5 Å². The largest absolute Gasteiger partial charge is 0.363 e. The maximum atomic E-state index is 15.1. The first kappa shape index (κ1) is 21.0. The van der Waals surface area contributed by atoms with Crippen LogP contribution in [-0.2, 0) is 13.5 Å². The predicted molar refractivity (Wildman–Crippen MR) is 130 cm³/mol. The number of benzene rings is 2. The number of nitrogens with one attached hydrogen (secondary N) is 1. The molecule has 0 radical (unpaired) electrons. The molecule has 7 heteroatoms. The molecule has 1 N–H and O–H groups in total. The molecular formula is C27H27FN6. The van der Waals surface area contributed by atoms with Gasteiger partial charge in [0.05, 0.1) is 13.1 Å². The summed E-state index contributed by atoms with van der Waals surface area (Å²) in [4.78, 5) is 6.06. The van der Waals surface area contributed by atoms with E-state index in [1.165, 1.54) is 23.2 Å². The molecule has 2 aromatic carbocycles. The molecule has 34 heavy (non-hydrogen) atoms. The van der Waals surface area contributed by atoms with Gasteiger partial charge in [0.1, 0.15) is 11.6 Å². The molecule has 2 heterocycles. The van der Waals surface area contributed by atoms with Crippen molar-refractivity contribution in [1.82, 2.24) is 25.2 Å². The quantitative estimate of drug-likeness (QED) is 0.421. The van der Waals surface area contributed by atoms with Crippen LogP contribution in [0.4, 0.5) is 10.2 Å². The summed E-state index contributed by atoms with van der Waals surface area (Å²) in [6, 6.07) is 11.8. The van der Waals surface area contributed by atoms with Crippen molar-refractivity contribution in [2.45, 2.75) is 51.5 Å². The lowest BCUT2D eigenvalue weighted by atomic mass is 9.89. The third-order valence-corrected chi connectivity index (χ3v) is 7.06. The Morgan fingerprint density at radius 1 is 1.03 bits per heavy atom. The number of pyridine rings is 1. The molecule has 0 spiro atoms. The van der Waals surface area contributed by atoms with Gasteiger partial charge in [0, 0.05) is 17.3 Å². The molecule has 0 amide bonds. The zero-order valence-electron chi connectivity index (χ0n) is 19.6. The van der Waals surface area contributed by atoms with Gasteiger partial charge in [0.25, 0.3) is 0 Å². The maximum absolute atomic E-state index is 15.1. The Morgan fingerprint density at radius 2 is 1.82 bits per heavy atom. The van der Waals surface area contributed by atoms with Crippen LogP contribution in [0.5, 0.6) is 0 Å². The van der Waals surface area contributed by atoms with Crippen LogP contribution in [0.3, 0.4) is 0 Å². The van der Waals surface area contributed by atoms with Gasteiger partial charge in [-0.25, -0.2) is 9.37 Å². The molecule has 1 fully saturated rings. The van der Waals surface area contributed by atoms with Crippen LogP contribution in [0.15, 0.2) is 42.6 Å². The monoisotopic (exact) mass is 454 g/mol. The molecule has 0 unspecified atom stereocenters. The zero-order chi connectivity index (χ0) is 23.4. The fraction of sp³-hybridized carbons (Fsp3) is 0.333. The number of rotatable bonds is 5. The van der Waals surface area contributed by atoms with Gasteiger partial charge < -0.3 is 5.32 Å². The second-order valence-electron chi connectivity index (χ2n) is 9.56. The Morgan fingerprint density at radius 3 is 2.47 bits per heavy atom. The van der Waals surface area contributed by atoms with Crippen LogP contribution in [-0.4, -0.2) is 25.2 Å². The molecular weight excluding hydrogens is 427 g/mol. The first-order valence-electron chi connectivity index (χ1n) is 11.9. The lowest BCUT2D eigenvalue weighted by Gasteiger charge is -2.19. The summed E-state index contributed by atoms with van der Waals surface area (Å²) in [5.74, 6) is 1.93. The van der Waals surface area contributed by atoms with Crippen molar-refractivity contribution in [3.05, 3.63) is 76.2 Å². The van der Waals surface area contributed by atoms with Gasteiger partial charge in [0.2, 0.25) is 5.82 Å². The third-order valence-electron chi connectivity index (χ3n) is 7.06. The molecule has 6 nitrogen and oxygen atoms in total. The van der Waals surface area contributed by atoms with E-state index in [0.717, 1.165) is 57.6 Å². The van der Waals surface area contributed by atoms with Crippen molar-refractivity contribution in [1.29, 1.82) is 0 Å². The molecule has 0 aliphatic heterocycles. The molecule has 2 aromatic heterocycles. The molecule has 0 saturated heterocycles. The Kier molecular flexibility index (Phi) is 4.94. The van der Waals surface area contributed by atoms with Crippen molar-refractivity contribution in [2.24, 2.45) is 7.05 Å². The number of aromatic nitrogens is 5. The van der Waals surface area contributed by atoms with Crippen LogP contribution in [0.2, 0.25) is 0 Å². The first-order chi connectivity index (χ1) is 16.5. The standard InChI is InChI=1S/C27H27FN6/c1-15-12-19(27-31-33-34(3)32-27)13-16(2)25(15)20-7-9-22(28)26-21(20)8-10-23(26)30-24-11-6-18(14-29-24)17-4-5-17/h6-7,9,11-14,17,23H,4-5,8,10H2,1-3H3,(H,29,30)/t23-/m1/s1. The number of fused-ring (bicyclic) bond motifs is 1. The van der Waals surface area contributed by atoms with E-state index in [0.29, 0.717) is 11.7 Å². The summed E-state index contributed by atoms with van der Waals surface area (Å²) in [6.07, 6.45) is 6.14. The molecule has 1 atom stereocenters. The van der Waals surface area contributed by atoms with E-state index >= 15 is 4.39 Å². The van der Waals surface area contributed by atoms with E-state index in [1.54, 1.807) is 13.1 Å². The van der Waals surface area contributed by atoms with Crippen LogP contribution >= 0.6 is 0 Å². The maximum Gasteiger partial charge on any atom is 0.204 e. The Hall–Kier alpha value is -3.61. The molecule has 2 aliphatic carbocycles. The van der Waals surface area contributed by atoms with E-state index in [-0.39, 0.29) is 11.9 Å². The normalized spacial score (nSPS) is 17.1. The van der Waals surface area contributed by atoms with E-state index in [4.69, 9.17) is 0 Å². The van der Waals surface area contributed by atoms with E-state index in [1.807, 2.05) is 18.3 Å². The molecule has 172 valence electrons. The smallest absolute Gasteiger partial charge is 0.204 e. The van der Waals surface area contributed by atoms with Crippen LogP contribution in [0, 0.1) is 19.7 Å². The summed E-state index contributed by atoms with van der Waals surface area (Å²) in [5.41, 5.74) is 8.58. The molecule has 0 bridgehead atoms. The van der Waals surface area contributed by atoms with Crippen LogP contribution in [0.1, 0.15) is 59.0 Å². The Balaban J connectivity index is 1.34. The van der Waals surface area contributed by atoms with Crippen molar-refractivity contribution in [3.63, 3.8) is 0 Å². The SMILES string of the molecule is Cc1cc(-c2nnn(C)n2)cc(C)c1-c1ccc(F)c2c1CC[C@H]2Nc1ccc(C2CC2)cn1. The summed E-state index contributed by atoms with van der Waals surface area (Å²) in [5, 5.41) is 15.9. The number of hydrogen-bond acceptors (Lipinski definition) is 5. The number of halogens is 1. The second kappa shape index (κ2) is 8.01. The van der Waals surface area contributed by atoms with Gasteiger partial charge >= 0.3 is 0 Å². The van der Waals surface area contributed by atoms with Crippen molar-refractivity contribution >= 4 is 5.82 Å². The highest BCUT2D eigenvalue weighted by Gasteiger charge is 2.30. The second-order valence-corrected chi connectivity index (χ2v) is 9.56. The summed E-state index contributed by atoms with van der Waals surface area (Å²) in [6.45, 7) is 4.18. The Labute approximate surface area is 198 Å². The molecule has 2 aliphatic rings. The first-order valence-corrected chi connectivity index (χ1v) is 11.9. The molecule has 6 rings (SSSR count). The minimum atomic E-state index is -0.154. The zero-order valence-corrected chi connectivity index (χ0v) is 19.6. The lowest BCUT2D eigenvalue weighted by molar-refractivity contribution is 0.598. The van der Waals surface area contributed by atoms with Gasteiger partial charge in [-0.3, -0.25) is 0 Å². The highest BCUT2D eigenvalue weighted by Crippen LogP contribution is 2.43. The molecule has 4 aromatic rings. The predicted octanol–water partition coefficient (Wildman–Crippen LogP) is 5.67.